The molecule has 0 bridgehead atoms. The van der Waals surface area contributed by atoms with Crippen molar-refractivity contribution < 1.29 is 23.7 Å². The molecule has 0 saturated carbocycles. The van der Waals surface area contributed by atoms with Crippen LogP contribution in [0.3, 0.4) is 0 Å². The largest absolute Gasteiger partial charge is 0.486 e. The number of benzene rings is 3. The van der Waals surface area contributed by atoms with E-state index in [-0.39, 0.29) is 12.7 Å². The van der Waals surface area contributed by atoms with E-state index in [2.05, 4.69) is 26.7 Å². The molecule has 4 aromatic rings. The summed E-state index contributed by atoms with van der Waals surface area (Å²) < 4.78 is 22.0. The van der Waals surface area contributed by atoms with Crippen LogP contribution in [0.5, 0.6) is 23.0 Å². The van der Waals surface area contributed by atoms with E-state index in [1.807, 2.05) is 42.6 Å². The molecule has 0 atom stereocenters. The first-order valence-corrected chi connectivity index (χ1v) is 11.7. The van der Waals surface area contributed by atoms with Crippen LogP contribution < -0.4 is 29.6 Å². The minimum Gasteiger partial charge on any atom is -0.486 e. The Labute approximate surface area is 207 Å². The number of hydrogen-bond donors (Lipinski definition) is 3. The third-order valence-corrected chi connectivity index (χ3v) is 6.00. The number of H-pyrrole nitrogens is 1. The van der Waals surface area contributed by atoms with Gasteiger partial charge in [-0.1, -0.05) is 18.2 Å². The van der Waals surface area contributed by atoms with E-state index in [9.17, 15) is 4.79 Å². The van der Waals surface area contributed by atoms with Gasteiger partial charge in [-0.15, -0.1) is 0 Å². The first-order valence-electron chi connectivity index (χ1n) is 11.7. The molecule has 3 aromatic carbocycles. The second-order valence-corrected chi connectivity index (χ2v) is 8.35. The van der Waals surface area contributed by atoms with Crippen LogP contribution in [-0.4, -0.2) is 43.4 Å². The molecule has 0 radical (unpaired) electrons. The number of aliphatic imine (C=N–C) groups is 1. The minimum atomic E-state index is -0.316. The van der Waals surface area contributed by atoms with Crippen molar-refractivity contribution in [3.8, 4) is 23.0 Å². The number of para-hydroxylation sites is 1. The lowest BCUT2D eigenvalue weighted by Crippen LogP contribution is -2.36. The summed E-state index contributed by atoms with van der Waals surface area (Å²) in [4.78, 5) is 21.0. The number of carbonyl (C=O) groups excluding carboxylic acids is 1. The van der Waals surface area contributed by atoms with Gasteiger partial charge >= 0.3 is 0 Å². The van der Waals surface area contributed by atoms with E-state index in [1.165, 1.54) is 5.39 Å². The number of hydrogen-bond acceptors (Lipinski definition) is 6. The van der Waals surface area contributed by atoms with Crippen LogP contribution in [0, 0.1) is 0 Å². The van der Waals surface area contributed by atoms with E-state index < -0.39 is 0 Å². The van der Waals surface area contributed by atoms with Gasteiger partial charge in [-0.3, -0.25) is 15.1 Å². The Balaban J connectivity index is 1.22. The topological polar surface area (TPSA) is 106 Å². The predicted molar refractivity (Wildman–Crippen MR) is 135 cm³/mol. The van der Waals surface area contributed by atoms with Crippen LogP contribution in [0.4, 0.5) is 5.69 Å². The van der Waals surface area contributed by atoms with Gasteiger partial charge in [0, 0.05) is 41.0 Å². The zero-order chi connectivity index (χ0) is 24.3. The monoisotopic (exact) mass is 484 g/mol. The first-order chi connectivity index (χ1) is 17.7. The Kier molecular flexibility index (Phi) is 5.79. The molecule has 3 N–H and O–H groups in total. The predicted octanol–water partition coefficient (Wildman–Crippen LogP) is 4.11. The molecule has 2 aliphatic heterocycles. The van der Waals surface area contributed by atoms with Gasteiger partial charge in [0.05, 0.1) is 0 Å². The lowest BCUT2D eigenvalue weighted by molar-refractivity contribution is 0.0976. The van der Waals surface area contributed by atoms with Crippen molar-refractivity contribution in [2.45, 2.75) is 6.42 Å². The molecule has 0 saturated heterocycles. The zero-order valence-electron chi connectivity index (χ0n) is 19.4. The number of amides is 1. The standard InChI is InChI=1S/C27H24N4O5/c32-26(17-5-7-23-24(13-17)36-16-35-23)31-27(30-19-6-8-22-25(14-19)34-12-11-33-22)28-10-9-18-15-29-21-4-2-1-3-20(18)21/h1-8,13-15,29H,9-12,16H2,(H2,28,30,31,32). The Bertz CT molecular complexity index is 1460. The summed E-state index contributed by atoms with van der Waals surface area (Å²) in [6, 6.07) is 18.7. The number of rotatable bonds is 5. The summed E-state index contributed by atoms with van der Waals surface area (Å²) in [5.74, 6) is 2.51. The quantitative estimate of drug-likeness (QED) is 0.291. The number of anilines is 1. The van der Waals surface area contributed by atoms with Crippen molar-refractivity contribution >= 4 is 28.5 Å². The van der Waals surface area contributed by atoms with Crippen LogP contribution >= 0.6 is 0 Å². The number of nitrogens with zero attached hydrogens (tertiary/aromatic N) is 1. The van der Waals surface area contributed by atoms with Gasteiger partial charge < -0.3 is 29.2 Å². The fourth-order valence-electron chi connectivity index (χ4n) is 4.21. The van der Waals surface area contributed by atoms with Gasteiger partial charge in [-0.05, 0) is 48.4 Å². The Morgan fingerprint density at radius 3 is 2.61 bits per heavy atom. The molecular weight excluding hydrogens is 460 g/mol. The Morgan fingerprint density at radius 1 is 0.889 bits per heavy atom. The van der Waals surface area contributed by atoms with Gasteiger partial charge in [0.25, 0.3) is 5.91 Å². The maximum Gasteiger partial charge on any atom is 0.258 e. The summed E-state index contributed by atoms with van der Waals surface area (Å²) in [6.45, 7) is 1.62. The molecule has 0 unspecified atom stereocenters. The normalized spacial score (nSPS) is 14.1. The first kappa shape index (κ1) is 21.8. The molecular formula is C27H24N4O5. The molecule has 0 fully saturated rings. The van der Waals surface area contributed by atoms with Crippen LogP contribution in [0.15, 0.2) is 71.9 Å². The van der Waals surface area contributed by atoms with Crippen molar-refractivity contribution in [2.24, 2.45) is 4.99 Å². The molecule has 0 aliphatic carbocycles. The molecule has 2 aliphatic rings. The summed E-state index contributed by atoms with van der Waals surface area (Å²) in [5, 5.41) is 7.28. The minimum absolute atomic E-state index is 0.145. The van der Waals surface area contributed by atoms with Crippen LogP contribution in [0.2, 0.25) is 0 Å². The maximum atomic E-state index is 13.1. The van der Waals surface area contributed by atoms with E-state index in [0.717, 1.165) is 16.8 Å². The maximum absolute atomic E-state index is 13.1. The van der Waals surface area contributed by atoms with Gasteiger partial charge in [0.15, 0.2) is 23.0 Å². The number of aromatic amines is 1. The number of guanidine groups is 1. The highest BCUT2D eigenvalue weighted by molar-refractivity contribution is 6.10. The van der Waals surface area contributed by atoms with Gasteiger partial charge in [-0.25, -0.2) is 0 Å². The average molecular weight is 485 g/mol. The van der Waals surface area contributed by atoms with Crippen molar-refractivity contribution in [3.63, 3.8) is 0 Å². The SMILES string of the molecule is O=C(NC(=NCCc1c[nH]c2ccccc12)Nc1ccc2c(c1)OCCO2)c1ccc2c(c1)OCO2. The van der Waals surface area contributed by atoms with Gasteiger partial charge in [0.2, 0.25) is 12.8 Å². The lowest BCUT2D eigenvalue weighted by Gasteiger charge is -2.19. The highest BCUT2D eigenvalue weighted by Crippen LogP contribution is 2.33. The molecule has 9 heteroatoms. The zero-order valence-corrected chi connectivity index (χ0v) is 19.4. The highest BCUT2D eigenvalue weighted by atomic mass is 16.7. The smallest absolute Gasteiger partial charge is 0.258 e. The number of ether oxygens (including phenoxy) is 4. The molecule has 9 nitrogen and oxygen atoms in total. The Hall–Kier alpha value is -4.66. The molecule has 6 rings (SSSR count). The van der Waals surface area contributed by atoms with Crippen molar-refractivity contribution in [1.29, 1.82) is 0 Å². The number of carbonyl (C=O) groups is 1. The van der Waals surface area contributed by atoms with E-state index in [1.54, 1.807) is 18.2 Å². The third kappa shape index (κ3) is 4.50. The van der Waals surface area contributed by atoms with E-state index in [0.29, 0.717) is 60.7 Å². The third-order valence-electron chi connectivity index (χ3n) is 6.00. The summed E-state index contributed by atoms with van der Waals surface area (Å²) >= 11 is 0. The lowest BCUT2D eigenvalue weighted by atomic mass is 10.1. The second kappa shape index (κ2) is 9.53. The van der Waals surface area contributed by atoms with Crippen LogP contribution in [0.1, 0.15) is 15.9 Å². The van der Waals surface area contributed by atoms with Crippen molar-refractivity contribution in [2.75, 3.05) is 31.9 Å². The number of aromatic nitrogens is 1. The van der Waals surface area contributed by atoms with Gasteiger partial charge in [0.1, 0.15) is 13.2 Å². The molecule has 1 amide bonds. The molecule has 182 valence electrons. The van der Waals surface area contributed by atoms with E-state index >= 15 is 0 Å². The van der Waals surface area contributed by atoms with Crippen LogP contribution in [0.25, 0.3) is 10.9 Å². The fraction of sp³-hybridized carbons (Fsp3) is 0.185. The molecule has 36 heavy (non-hydrogen) atoms. The Morgan fingerprint density at radius 2 is 1.67 bits per heavy atom. The van der Waals surface area contributed by atoms with Crippen molar-refractivity contribution in [3.05, 3.63) is 78.0 Å². The highest BCUT2D eigenvalue weighted by Gasteiger charge is 2.18. The number of fused-ring (bicyclic) bond motifs is 3. The summed E-state index contributed by atoms with van der Waals surface area (Å²) in [7, 11) is 0. The summed E-state index contributed by atoms with van der Waals surface area (Å²) in [6.07, 6.45) is 2.70. The fourth-order valence-corrected chi connectivity index (χ4v) is 4.21. The van der Waals surface area contributed by atoms with Crippen molar-refractivity contribution in [1.82, 2.24) is 10.3 Å². The summed E-state index contributed by atoms with van der Waals surface area (Å²) in [5.41, 5.74) is 3.40. The molecule has 0 spiro atoms. The van der Waals surface area contributed by atoms with Gasteiger partial charge in [-0.2, -0.15) is 0 Å². The average Bonchev–Trinajstić information content (AvgIpc) is 3.55. The van der Waals surface area contributed by atoms with E-state index in [4.69, 9.17) is 18.9 Å². The number of nitrogens with one attached hydrogen (secondary N) is 3. The molecule has 3 heterocycles. The van der Waals surface area contributed by atoms with Crippen LogP contribution in [-0.2, 0) is 6.42 Å². The second-order valence-electron chi connectivity index (χ2n) is 8.35. The molecule has 1 aromatic heterocycles.